The monoisotopic (exact) mass is 389 g/mol. The quantitative estimate of drug-likeness (QED) is 0.687. The van der Waals surface area contributed by atoms with Gasteiger partial charge >= 0.3 is 0 Å². The minimum Gasteiger partial charge on any atom is -0.337 e. The Morgan fingerprint density at radius 2 is 1.74 bits per heavy atom. The summed E-state index contributed by atoms with van der Waals surface area (Å²) in [6.07, 6.45) is 2.36. The SMILES string of the molecule is CCCCC(=O)N(CCN)Cc1ccc(-c2ccccc2S(N)(=O)=O)cc1. The molecule has 2 aromatic carbocycles. The predicted octanol–water partition coefficient (Wildman–Crippen LogP) is 2.48. The first-order chi connectivity index (χ1) is 12.9. The number of rotatable bonds is 9. The van der Waals surface area contributed by atoms with Crippen LogP contribution in [0.25, 0.3) is 11.1 Å². The first kappa shape index (κ1) is 21.1. The lowest BCUT2D eigenvalue weighted by atomic mass is 10.0. The number of sulfonamides is 1. The molecule has 0 aliphatic heterocycles. The Hall–Kier alpha value is -2.22. The molecular weight excluding hydrogens is 362 g/mol. The summed E-state index contributed by atoms with van der Waals surface area (Å²) >= 11 is 0. The van der Waals surface area contributed by atoms with E-state index in [2.05, 4.69) is 6.92 Å². The van der Waals surface area contributed by atoms with Crippen molar-refractivity contribution in [3.05, 3.63) is 54.1 Å². The second-order valence-electron chi connectivity index (χ2n) is 6.45. The van der Waals surface area contributed by atoms with Gasteiger partial charge in [0.15, 0.2) is 0 Å². The molecule has 0 atom stereocenters. The van der Waals surface area contributed by atoms with E-state index in [0.717, 1.165) is 24.0 Å². The Labute approximate surface area is 161 Å². The number of carbonyl (C=O) groups excluding carboxylic acids is 1. The number of hydrogen-bond donors (Lipinski definition) is 2. The van der Waals surface area contributed by atoms with Crippen LogP contribution >= 0.6 is 0 Å². The van der Waals surface area contributed by atoms with Crippen LogP contribution < -0.4 is 10.9 Å². The van der Waals surface area contributed by atoms with Crippen molar-refractivity contribution < 1.29 is 13.2 Å². The van der Waals surface area contributed by atoms with Crippen molar-refractivity contribution in [3.8, 4) is 11.1 Å². The Morgan fingerprint density at radius 3 is 2.33 bits per heavy atom. The third kappa shape index (κ3) is 5.89. The smallest absolute Gasteiger partial charge is 0.238 e. The van der Waals surface area contributed by atoms with E-state index in [1.165, 1.54) is 6.07 Å². The Bertz CT molecular complexity index is 864. The highest BCUT2D eigenvalue weighted by molar-refractivity contribution is 7.89. The molecular formula is C20H27N3O3S. The van der Waals surface area contributed by atoms with E-state index in [4.69, 9.17) is 10.9 Å². The molecule has 0 aliphatic rings. The highest BCUT2D eigenvalue weighted by Crippen LogP contribution is 2.27. The summed E-state index contributed by atoms with van der Waals surface area (Å²) in [5.41, 5.74) is 7.92. The molecule has 0 heterocycles. The van der Waals surface area contributed by atoms with Gasteiger partial charge in [-0.2, -0.15) is 0 Å². The predicted molar refractivity (Wildman–Crippen MR) is 107 cm³/mol. The molecule has 0 radical (unpaired) electrons. The molecule has 146 valence electrons. The second kappa shape index (κ2) is 9.64. The normalized spacial score (nSPS) is 11.4. The van der Waals surface area contributed by atoms with Gasteiger partial charge in [0.1, 0.15) is 0 Å². The average molecular weight is 390 g/mol. The molecule has 0 fully saturated rings. The average Bonchev–Trinajstić information content (AvgIpc) is 2.65. The molecule has 4 N–H and O–H groups in total. The van der Waals surface area contributed by atoms with E-state index in [9.17, 15) is 13.2 Å². The van der Waals surface area contributed by atoms with E-state index < -0.39 is 10.0 Å². The van der Waals surface area contributed by atoms with Gasteiger partial charge in [-0.05, 0) is 23.6 Å². The molecule has 0 spiro atoms. The maximum absolute atomic E-state index is 12.3. The van der Waals surface area contributed by atoms with Gasteiger partial charge in [0, 0.05) is 31.6 Å². The first-order valence-corrected chi connectivity index (χ1v) is 10.6. The van der Waals surface area contributed by atoms with Crippen LogP contribution in [-0.4, -0.2) is 32.3 Å². The zero-order valence-electron chi connectivity index (χ0n) is 15.6. The van der Waals surface area contributed by atoms with Crippen LogP contribution in [0.1, 0.15) is 31.7 Å². The third-order valence-corrected chi connectivity index (χ3v) is 5.30. The van der Waals surface area contributed by atoms with Gasteiger partial charge in [-0.1, -0.05) is 55.8 Å². The fourth-order valence-electron chi connectivity index (χ4n) is 2.90. The number of primary sulfonamides is 1. The fraction of sp³-hybridized carbons (Fsp3) is 0.350. The molecule has 27 heavy (non-hydrogen) atoms. The largest absolute Gasteiger partial charge is 0.337 e. The van der Waals surface area contributed by atoms with E-state index in [1.54, 1.807) is 23.1 Å². The first-order valence-electron chi connectivity index (χ1n) is 9.05. The molecule has 2 aromatic rings. The van der Waals surface area contributed by atoms with Crippen molar-refractivity contribution in [3.63, 3.8) is 0 Å². The van der Waals surface area contributed by atoms with Crippen LogP contribution in [0.2, 0.25) is 0 Å². The number of unbranched alkanes of at least 4 members (excludes halogenated alkanes) is 1. The van der Waals surface area contributed by atoms with Crippen LogP contribution in [0.15, 0.2) is 53.4 Å². The van der Waals surface area contributed by atoms with Crippen molar-refractivity contribution in [2.75, 3.05) is 13.1 Å². The van der Waals surface area contributed by atoms with Crippen molar-refractivity contribution in [2.45, 2.75) is 37.6 Å². The van der Waals surface area contributed by atoms with Crippen LogP contribution in [0.5, 0.6) is 0 Å². The fourth-order valence-corrected chi connectivity index (χ4v) is 3.66. The van der Waals surface area contributed by atoms with Gasteiger partial charge in [0.05, 0.1) is 4.90 Å². The van der Waals surface area contributed by atoms with Gasteiger partial charge < -0.3 is 10.6 Å². The van der Waals surface area contributed by atoms with Crippen LogP contribution in [-0.2, 0) is 21.4 Å². The molecule has 0 saturated carbocycles. The highest BCUT2D eigenvalue weighted by Gasteiger charge is 2.15. The zero-order chi connectivity index (χ0) is 19.9. The maximum atomic E-state index is 12.3. The molecule has 0 aromatic heterocycles. The number of hydrogen-bond acceptors (Lipinski definition) is 4. The summed E-state index contributed by atoms with van der Waals surface area (Å²) in [5.74, 6) is 0.103. The molecule has 2 rings (SSSR count). The zero-order valence-corrected chi connectivity index (χ0v) is 16.4. The molecule has 6 nitrogen and oxygen atoms in total. The number of nitrogens with two attached hydrogens (primary N) is 2. The minimum atomic E-state index is -3.81. The minimum absolute atomic E-state index is 0.0947. The van der Waals surface area contributed by atoms with Crippen LogP contribution in [0.3, 0.4) is 0 Å². The number of benzene rings is 2. The summed E-state index contributed by atoms with van der Waals surface area (Å²) < 4.78 is 23.6. The van der Waals surface area contributed by atoms with E-state index in [1.807, 2.05) is 24.3 Å². The van der Waals surface area contributed by atoms with Crippen molar-refractivity contribution in [1.82, 2.24) is 4.90 Å². The van der Waals surface area contributed by atoms with E-state index in [0.29, 0.717) is 31.6 Å². The Morgan fingerprint density at radius 1 is 1.07 bits per heavy atom. The topological polar surface area (TPSA) is 106 Å². The lowest BCUT2D eigenvalue weighted by molar-refractivity contribution is -0.131. The Kier molecular flexibility index (Phi) is 7.53. The molecule has 1 amide bonds. The van der Waals surface area contributed by atoms with Crippen molar-refractivity contribution >= 4 is 15.9 Å². The van der Waals surface area contributed by atoms with E-state index >= 15 is 0 Å². The number of nitrogens with zero attached hydrogens (tertiary/aromatic N) is 1. The van der Waals surface area contributed by atoms with Gasteiger partial charge in [-0.25, -0.2) is 13.6 Å². The van der Waals surface area contributed by atoms with Gasteiger partial charge in [0.25, 0.3) is 0 Å². The van der Waals surface area contributed by atoms with Gasteiger partial charge in [0.2, 0.25) is 15.9 Å². The maximum Gasteiger partial charge on any atom is 0.238 e. The van der Waals surface area contributed by atoms with Crippen molar-refractivity contribution in [2.24, 2.45) is 10.9 Å². The Balaban J connectivity index is 2.21. The lowest BCUT2D eigenvalue weighted by Crippen LogP contribution is -2.34. The molecule has 0 unspecified atom stereocenters. The second-order valence-corrected chi connectivity index (χ2v) is 7.98. The summed E-state index contributed by atoms with van der Waals surface area (Å²) in [4.78, 5) is 14.2. The molecule has 7 heteroatoms. The van der Waals surface area contributed by atoms with Crippen LogP contribution in [0.4, 0.5) is 0 Å². The standard InChI is InChI=1S/C20H27N3O3S/c1-2-3-8-20(24)23(14-13-21)15-16-9-11-17(12-10-16)18-6-4-5-7-19(18)27(22,25)26/h4-7,9-12H,2-3,8,13-15,21H2,1H3,(H2,22,25,26). The lowest BCUT2D eigenvalue weighted by Gasteiger charge is -2.22. The summed E-state index contributed by atoms with van der Waals surface area (Å²) in [6.45, 7) is 3.46. The number of carbonyl (C=O) groups is 1. The third-order valence-electron chi connectivity index (χ3n) is 4.33. The summed E-state index contributed by atoms with van der Waals surface area (Å²) in [6, 6.07) is 14.1. The number of amides is 1. The molecule has 0 bridgehead atoms. The van der Waals surface area contributed by atoms with E-state index in [-0.39, 0.29) is 10.8 Å². The summed E-state index contributed by atoms with van der Waals surface area (Å²) in [5, 5.41) is 5.31. The van der Waals surface area contributed by atoms with Gasteiger partial charge in [-0.15, -0.1) is 0 Å². The highest BCUT2D eigenvalue weighted by atomic mass is 32.2. The van der Waals surface area contributed by atoms with Crippen LogP contribution in [0, 0.1) is 0 Å². The molecule has 0 aliphatic carbocycles. The van der Waals surface area contributed by atoms with Crippen molar-refractivity contribution in [1.29, 1.82) is 0 Å². The summed E-state index contributed by atoms with van der Waals surface area (Å²) in [7, 11) is -3.81. The van der Waals surface area contributed by atoms with Gasteiger partial charge in [-0.3, -0.25) is 4.79 Å². The molecule has 0 saturated heterocycles.